The molecule has 0 unspecified atom stereocenters. The first-order valence-electron chi connectivity index (χ1n) is 5.97. The first-order chi connectivity index (χ1) is 8.74. The normalized spacial score (nSPS) is 11.1. The average molecular weight is 278 g/mol. The molecule has 0 amide bonds. The second-order valence-electron chi connectivity index (χ2n) is 3.96. The number of thiophene rings is 1. The molecule has 1 aromatic carbocycles. The molecule has 1 aromatic heterocycles. The van der Waals surface area contributed by atoms with Crippen molar-refractivity contribution in [1.29, 1.82) is 0 Å². The number of nitrogens with one attached hydrogen (secondary N) is 1. The molecule has 0 aliphatic carbocycles. The van der Waals surface area contributed by atoms with Crippen LogP contribution in [0.3, 0.4) is 0 Å². The molecule has 0 aliphatic rings. The standard InChI is InChI=1S/C15H16ClNS/c1-3-11-5-4-6-14(17-2)13(11)9-7-12-8-10-15(16)18-12/h4-10,17H,3H2,1-2H3/b9-7+. The summed E-state index contributed by atoms with van der Waals surface area (Å²) in [6, 6.07) is 10.3. The van der Waals surface area contributed by atoms with Crippen LogP contribution in [0.25, 0.3) is 12.2 Å². The summed E-state index contributed by atoms with van der Waals surface area (Å²) >= 11 is 7.52. The second-order valence-corrected chi connectivity index (χ2v) is 5.70. The lowest BCUT2D eigenvalue weighted by Crippen LogP contribution is -1.95. The van der Waals surface area contributed by atoms with Gasteiger partial charge in [0, 0.05) is 23.2 Å². The van der Waals surface area contributed by atoms with E-state index in [9.17, 15) is 0 Å². The monoisotopic (exact) mass is 277 g/mol. The van der Waals surface area contributed by atoms with Crippen LogP contribution in [0.15, 0.2) is 30.3 Å². The molecule has 0 radical (unpaired) electrons. The Hall–Kier alpha value is -1.25. The van der Waals surface area contributed by atoms with E-state index in [2.05, 4.69) is 42.6 Å². The molecule has 0 aliphatic heterocycles. The van der Waals surface area contributed by atoms with Gasteiger partial charge in [-0.3, -0.25) is 0 Å². The molecule has 0 spiro atoms. The topological polar surface area (TPSA) is 12.0 Å². The van der Waals surface area contributed by atoms with Gasteiger partial charge in [0.05, 0.1) is 4.34 Å². The fraction of sp³-hybridized carbons (Fsp3) is 0.200. The van der Waals surface area contributed by atoms with Crippen LogP contribution >= 0.6 is 22.9 Å². The molecular weight excluding hydrogens is 262 g/mol. The van der Waals surface area contributed by atoms with Gasteiger partial charge in [-0.2, -0.15) is 0 Å². The van der Waals surface area contributed by atoms with Crippen LogP contribution in [0.1, 0.15) is 22.9 Å². The van der Waals surface area contributed by atoms with Gasteiger partial charge in [0.15, 0.2) is 0 Å². The highest BCUT2D eigenvalue weighted by atomic mass is 35.5. The van der Waals surface area contributed by atoms with E-state index in [1.165, 1.54) is 16.0 Å². The lowest BCUT2D eigenvalue weighted by Gasteiger charge is -2.09. The maximum Gasteiger partial charge on any atom is 0.0934 e. The molecule has 0 bridgehead atoms. The van der Waals surface area contributed by atoms with Gasteiger partial charge in [-0.15, -0.1) is 11.3 Å². The third-order valence-corrected chi connectivity index (χ3v) is 4.05. The van der Waals surface area contributed by atoms with Gasteiger partial charge in [0.2, 0.25) is 0 Å². The van der Waals surface area contributed by atoms with Crippen LogP contribution in [0.2, 0.25) is 4.34 Å². The van der Waals surface area contributed by atoms with E-state index in [0.29, 0.717) is 0 Å². The van der Waals surface area contributed by atoms with Crippen LogP contribution in [0, 0.1) is 0 Å². The largest absolute Gasteiger partial charge is 0.388 e. The third kappa shape index (κ3) is 2.95. The number of anilines is 1. The van der Waals surface area contributed by atoms with Gasteiger partial charge in [-0.25, -0.2) is 0 Å². The van der Waals surface area contributed by atoms with E-state index in [1.54, 1.807) is 11.3 Å². The predicted molar refractivity (Wildman–Crippen MR) is 83.6 cm³/mol. The van der Waals surface area contributed by atoms with E-state index in [-0.39, 0.29) is 0 Å². The van der Waals surface area contributed by atoms with Crippen molar-refractivity contribution in [3.63, 3.8) is 0 Å². The Balaban J connectivity index is 2.35. The lowest BCUT2D eigenvalue weighted by atomic mass is 10.0. The highest BCUT2D eigenvalue weighted by Gasteiger charge is 2.03. The molecule has 0 atom stereocenters. The second kappa shape index (κ2) is 6.07. The molecule has 94 valence electrons. The maximum atomic E-state index is 5.93. The van der Waals surface area contributed by atoms with E-state index in [0.717, 1.165) is 16.4 Å². The molecule has 1 nitrogen and oxygen atoms in total. The highest BCUT2D eigenvalue weighted by Crippen LogP contribution is 2.26. The van der Waals surface area contributed by atoms with E-state index in [4.69, 9.17) is 11.6 Å². The van der Waals surface area contributed by atoms with E-state index >= 15 is 0 Å². The summed E-state index contributed by atoms with van der Waals surface area (Å²) in [5.74, 6) is 0. The summed E-state index contributed by atoms with van der Waals surface area (Å²) < 4.78 is 0.826. The molecule has 18 heavy (non-hydrogen) atoms. The zero-order chi connectivity index (χ0) is 13.0. The van der Waals surface area contributed by atoms with Crippen molar-refractivity contribution in [3.05, 3.63) is 50.7 Å². The zero-order valence-corrected chi connectivity index (χ0v) is 12.1. The van der Waals surface area contributed by atoms with Crippen molar-refractivity contribution in [3.8, 4) is 0 Å². The summed E-state index contributed by atoms with van der Waals surface area (Å²) in [4.78, 5) is 1.17. The Morgan fingerprint density at radius 3 is 2.67 bits per heavy atom. The Morgan fingerprint density at radius 2 is 2.06 bits per heavy atom. The van der Waals surface area contributed by atoms with Gasteiger partial charge in [0.25, 0.3) is 0 Å². The lowest BCUT2D eigenvalue weighted by molar-refractivity contribution is 1.13. The van der Waals surface area contributed by atoms with Crippen LogP contribution in [0.5, 0.6) is 0 Å². The number of hydrogen-bond donors (Lipinski definition) is 1. The molecule has 1 heterocycles. The number of hydrogen-bond acceptors (Lipinski definition) is 2. The van der Waals surface area contributed by atoms with Crippen LogP contribution < -0.4 is 5.32 Å². The number of aryl methyl sites for hydroxylation is 1. The van der Waals surface area contributed by atoms with Crippen molar-refractivity contribution in [1.82, 2.24) is 0 Å². The number of benzene rings is 1. The first-order valence-corrected chi connectivity index (χ1v) is 7.17. The fourth-order valence-electron chi connectivity index (χ4n) is 1.92. The minimum Gasteiger partial charge on any atom is -0.388 e. The van der Waals surface area contributed by atoms with Crippen LogP contribution in [-0.4, -0.2) is 7.05 Å². The molecular formula is C15H16ClNS. The molecule has 0 saturated heterocycles. The van der Waals surface area contributed by atoms with Crippen molar-refractivity contribution in [2.45, 2.75) is 13.3 Å². The highest BCUT2D eigenvalue weighted by molar-refractivity contribution is 7.17. The minimum atomic E-state index is 0.826. The maximum absolute atomic E-state index is 5.93. The molecule has 0 saturated carbocycles. The average Bonchev–Trinajstić information content (AvgIpc) is 2.81. The third-order valence-electron chi connectivity index (χ3n) is 2.85. The Bertz CT molecular complexity index is 535. The Morgan fingerprint density at radius 1 is 1.22 bits per heavy atom. The summed E-state index contributed by atoms with van der Waals surface area (Å²) in [5, 5.41) is 3.24. The summed E-state index contributed by atoms with van der Waals surface area (Å²) in [6.07, 6.45) is 5.30. The molecule has 2 rings (SSSR count). The fourth-order valence-corrected chi connectivity index (χ4v) is 2.88. The van der Waals surface area contributed by atoms with E-state index in [1.807, 2.05) is 19.2 Å². The molecule has 2 aromatic rings. The van der Waals surface area contributed by atoms with Gasteiger partial charge in [-0.05, 0) is 36.3 Å². The van der Waals surface area contributed by atoms with E-state index < -0.39 is 0 Å². The smallest absolute Gasteiger partial charge is 0.0934 e. The Kier molecular flexibility index (Phi) is 4.45. The van der Waals surface area contributed by atoms with Gasteiger partial charge >= 0.3 is 0 Å². The molecule has 3 heteroatoms. The SMILES string of the molecule is CCc1cccc(NC)c1/C=C/c1ccc(Cl)s1. The number of halogens is 1. The van der Waals surface area contributed by atoms with Gasteiger partial charge in [-0.1, -0.05) is 36.7 Å². The van der Waals surface area contributed by atoms with Crippen molar-refractivity contribution >= 4 is 40.8 Å². The zero-order valence-electron chi connectivity index (χ0n) is 10.5. The minimum absolute atomic E-state index is 0.826. The van der Waals surface area contributed by atoms with Crippen molar-refractivity contribution < 1.29 is 0 Å². The van der Waals surface area contributed by atoms with Crippen molar-refractivity contribution in [2.75, 3.05) is 12.4 Å². The van der Waals surface area contributed by atoms with Crippen LogP contribution in [0.4, 0.5) is 5.69 Å². The summed E-state index contributed by atoms with van der Waals surface area (Å²) in [6.45, 7) is 2.17. The summed E-state index contributed by atoms with van der Waals surface area (Å²) in [5.41, 5.74) is 3.76. The van der Waals surface area contributed by atoms with Gasteiger partial charge < -0.3 is 5.32 Å². The summed E-state index contributed by atoms with van der Waals surface area (Å²) in [7, 11) is 1.95. The van der Waals surface area contributed by atoms with Crippen LogP contribution in [-0.2, 0) is 6.42 Å². The predicted octanol–water partition coefficient (Wildman–Crippen LogP) is 5.18. The Labute approximate surface area is 117 Å². The quantitative estimate of drug-likeness (QED) is 0.812. The van der Waals surface area contributed by atoms with Gasteiger partial charge in [0.1, 0.15) is 0 Å². The molecule has 0 fully saturated rings. The van der Waals surface area contributed by atoms with Crippen molar-refractivity contribution in [2.24, 2.45) is 0 Å². The first kappa shape index (κ1) is 13.2. The number of rotatable bonds is 4. The molecule has 1 N–H and O–H groups in total.